The second-order valence-electron chi connectivity index (χ2n) is 6.37. The second kappa shape index (κ2) is 5.61. The average molecular weight is 261 g/mol. The molecule has 0 saturated carbocycles. The lowest BCUT2D eigenvalue weighted by Gasteiger charge is -2.48. The monoisotopic (exact) mass is 261 g/mol. The summed E-state index contributed by atoms with van der Waals surface area (Å²) in [5.41, 5.74) is 8.91. The molecule has 3 nitrogen and oxygen atoms in total. The predicted molar refractivity (Wildman–Crippen MR) is 81.3 cm³/mol. The lowest BCUT2D eigenvalue weighted by molar-refractivity contribution is 0.0180. The number of aryl methyl sites for hydroxylation is 1. The molecule has 1 saturated heterocycles. The van der Waals surface area contributed by atoms with Crippen LogP contribution in [0.4, 0.5) is 0 Å². The van der Waals surface area contributed by atoms with Gasteiger partial charge in [0.1, 0.15) is 0 Å². The lowest BCUT2D eigenvalue weighted by atomic mass is 9.96. The maximum Gasteiger partial charge on any atom is 0.0471 e. The van der Waals surface area contributed by atoms with Crippen LogP contribution >= 0.6 is 0 Å². The van der Waals surface area contributed by atoms with Crippen LogP contribution in [0, 0.1) is 6.92 Å². The molecule has 1 fully saturated rings. The van der Waals surface area contributed by atoms with Gasteiger partial charge >= 0.3 is 0 Å². The summed E-state index contributed by atoms with van der Waals surface area (Å²) in [6.07, 6.45) is 0. The number of likely N-dealkylation sites (N-methyl/N-ethyl adjacent to an activating group) is 1. The van der Waals surface area contributed by atoms with Crippen molar-refractivity contribution in [2.45, 2.75) is 32.4 Å². The van der Waals surface area contributed by atoms with Gasteiger partial charge < -0.3 is 5.73 Å². The third-order valence-electron chi connectivity index (χ3n) is 4.47. The van der Waals surface area contributed by atoms with Crippen molar-refractivity contribution in [1.29, 1.82) is 0 Å². The summed E-state index contributed by atoms with van der Waals surface area (Å²) in [5.74, 6) is 0. The molecule has 1 aliphatic heterocycles. The summed E-state index contributed by atoms with van der Waals surface area (Å²) in [5, 5.41) is 0. The van der Waals surface area contributed by atoms with E-state index in [4.69, 9.17) is 5.73 Å². The van der Waals surface area contributed by atoms with E-state index in [1.165, 1.54) is 11.1 Å². The largest absolute Gasteiger partial charge is 0.329 e. The smallest absolute Gasteiger partial charge is 0.0471 e. The number of hydrogen-bond acceptors (Lipinski definition) is 3. The van der Waals surface area contributed by atoms with Gasteiger partial charge in [0, 0.05) is 37.8 Å². The Bertz CT molecular complexity index is 411. The second-order valence-corrected chi connectivity index (χ2v) is 6.37. The molecule has 2 rings (SSSR count). The topological polar surface area (TPSA) is 32.5 Å². The van der Waals surface area contributed by atoms with Crippen LogP contribution < -0.4 is 5.73 Å². The number of hydrogen-bond donors (Lipinski definition) is 1. The fourth-order valence-electron chi connectivity index (χ4n) is 2.83. The average Bonchev–Trinajstić information content (AvgIpc) is 2.36. The SMILES string of the molecule is Cc1ccc(C(CN)N2CCN(C)C(C)(C)C2)cc1. The zero-order chi connectivity index (χ0) is 14.0. The van der Waals surface area contributed by atoms with Gasteiger partial charge in [-0.15, -0.1) is 0 Å². The minimum Gasteiger partial charge on any atom is -0.329 e. The van der Waals surface area contributed by atoms with Gasteiger partial charge in [-0.2, -0.15) is 0 Å². The van der Waals surface area contributed by atoms with Crippen LogP contribution in [0.2, 0.25) is 0 Å². The maximum atomic E-state index is 6.04. The van der Waals surface area contributed by atoms with Crippen molar-refractivity contribution in [2.24, 2.45) is 5.73 Å². The first-order valence-corrected chi connectivity index (χ1v) is 7.16. The lowest BCUT2D eigenvalue weighted by Crippen LogP contribution is -2.58. The van der Waals surface area contributed by atoms with Gasteiger partial charge in [0.2, 0.25) is 0 Å². The number of nitrogens with two attached hydrogens (primary N) is 1. The van der Waals surface area contributed by atoms with Gasteiger partial charge in [-0.25, -0.2) is 0 Å². The first-order valence-electron chi connectivity index (χ1n) is 7.16. The molecule has 2 N–H and O–H groups in total. The van der Waals surface area contributed by atoms with E-state index in [0.29, 0.717) is 12.6 Å². The molecule has 0 aliphatic carbocycles. The Kier molecular flexibility index (Phi) is 4.29. The molecule has 19 heavy (non-hydrogen) atoms. The highest BCUT2D eigenvalue weighted by atomic mass is 15.3. The first kappa shape index (κ1) is 14.5. The molecule has 106 valence electrons. The van der Waals surface area contributed by atoms with Gasteiger partial charge in [0.25, 0.3) is 0 Å². The molecular formula is C16H27N3. The third kappa shape index (κ3) is 3.16. The van der Waals surface area contributed by atoms with Gasteiger partial charge in [-0.1, -0.05) is 29.8 Å². The summed E-state index contributed by atoms with van der Waals surface area (Å²) >= 11 is 0. The molecule has 1 aromatic rings. The zero-order valence-corrected chi connectivity index (χ0v) is 12.7. The Balaban J connectivity index is 2.16. The van der Waals surface area contributed by atoms with Gasteiger partial charge in [-0.3, -0.25) is 9.80 Å². The number of benzene rings is 1. The van der Waals surface area contributed by atoms with Crippen LogP contribution in [-0.4, -0.2) is 48.6 Å². The molecule has 1 atom stereocenters. The summed E-state index contributed by atoms with van der Waals surface area (Å²) in [4.78, 5) is 4.97. The van der Waals surface area contributed by atoms with Gasteiger partial charge in [0.05, 0.1) is 0 Å². The van der Waals surface area contributed by atoms with Crippen molar-refractivity contribution < 1.29 is 0 Å². The minimum atomic E-state index is 0.219. The third-order valence-corrected chi connectivity index (χ3v) is 4.47. The van der Waals surface area contributed by atoms with E-state index in [-0.39, 0.29) is 5.54 Å². The summed E-state index contributed by atoms with van der Waals surface area (Å²) in [7, 11) is 2.21. The highest BCUT2D eigenvalue weighted by molar-refractivity contribution is 5.24. The zero-order valence-electron chi connectivity index (χ0n) is 12.7. The predicted octanol–water partition coefficient (Wildman–Crippen LogP) is 2.02. The molecule has 1 aliphatic rings. The normalized spacial score (nSPS) is 22.4. The summed E-state index contributed by atoms with van der Waals surface area (Å²) < 4.78 is 0. The highest BCUT2D eigenvalue weighted by Crippen LogP contribution is 2.27. The quantitative estimate of drug-likeness (QED) is 0.903. The molecule has 1 aromatic carbocycles. The number of nitrogens with zero attached hydrogens (tertiary/aromatic N) is 2. The standard InChI is InChI=1S/C16H27N3/c1-13-5-7-14(8-6-13)15(11-17)19-10-9-18(4)16(2,3)12-19/h5-8,15H,9-12,17H2,1-4H3. The van der Waals surface area contributed by atoms with Crippen molar-refractivity contribution in [3.05, 3.63) is 35.4 Å². The molecule has 1 heterocycles. The molecule has 0 aromatic heterocycles. The Hall–Kier alpha value is -0.900. The first-order chi connectivity index (χ1) is 8.94. The van der Waals surface area contributed by atoms with Crippen molar-refractivity contribution in [2.75, 3.05) is 33.2 Å². The molecule has 0 radical (unpaired) electrons. The van der Waals surface area contributed by atoms with Crippen LogP contribution in [0.3, 0.4) is 0 Å². The molecule has 1 unspecified atom stereocenters. The molecule has 3 heteroatoms. The van der Waals surface area contributed by atoms with E-state index in [2.05, 4.69) is 61.9 Å². The fourth-order valence-corrected chi connectivity index (χ4v) is 2.83. The van der Waals surface area contributed by atoms with E-state index >= 15 is 0 Å². The molecule has 0 amide bonds. The van der Waals surface area contributed by atoms with E-state index in [1.54, 1.807) is 0 Å². The molecule has 0 bridgehead atoms. The van der Waals surface area contributed by atoms with Crippen molar-refractivity contribution >= 4 is 0 Å². The Labute approximate surface area is 117 Å². The molecule has 0 spiro atoms. The van der Waals surface area contributed by atoms with Crippen LogP contribution in [-0.2, 0) is 0 Å². The van der Waals surface area contributed by atoms with Crippen LogP contribution in [0.1, 0.15) is 31.0 Å². The highest BCUT2D eigenvalue weighted by Gasteiger charge is 2.34. The number of rotatable bonds is 3. The van der Waals surface area contributed by atoms with Crippen molar-refractivity contribution in [3.63, 3.8) is 0 Å². The van der Waals surface area contributed by atoms with Crippen LogP contribution in [0.25, 0.3) is 0 Å². The van der Waals surface area contributed by atoms with Gasteiger partial charge in [0.15, 0.2) is 0 Å². The van der Waals surface area contributed by atoms with E-state index in [9.17, 15) is 0 Å². The van der Waals surface area contributed by atoms with Crippen LogP contribution in [0.15, 0.2) is 24.3 Å². The summed E-state index contributed by atoms with van der Waals surface area (Å²) in [6.45, 7) is 10.7. The Morgan fingerprint density at radius 3 is 2.37 bits per heavy atom. The van der Waals surface area contributed by atoms with Gasteiger partial charge in [-0.05, 0) is 33.4 Å². The van der Waals surface area contributed by atoms with Crippen molar-refractivity contribution in [1.82, 2.24) is 9.80 Å². The number of piperazine rings is 1. The fraction of sp³-hybridized carbons (Fsp3) is 0.625. The molecular weight excluding hydrogens is 234 g/mol. The minimum absolute atomic E-state index is 0.219. The summed E-state index contributed by atoms with van der Waals surface area (Å²) in [6, 6.07) is 9.14. The Morgan fingerprint density at radius 2 is 1.84 bits per heavy atom. The van der Waals surface area contributed by atoms with Crippen molar-refractivity contribution in [3.8, 4) is 0 Å². The van der Waals surface area contributed by atoms with Crippen LogP contribution in [0.5, 0.6) is 0 Å². The maximum absolute atomic E-state index is 6.04. The Morgan fingerprint density at radius 1 is 1.21 bits per heavy atom. The van der Waals surface area contributed by atoms with E-state index < -0.39 is 0 Å². The van der Waals surface area contributed by atoms with E-state index in [0.717, 1.165) is 19.6 Å². The van der Waals surface area contributed by atoms with E-state index in [1.807, 2.05) is 0 Å².